The normalized spacial score (nSPS) is 11.8. The second-order valence-corrected chi connectivity index (χ2v) is 9.27. The first-order chi connectivity index (χ1) is 15.9. The van der Waals surface area contributed by atoms with E-state index in [0.717, 1.165) is 27.9 Å². The van der Waals surface area contributed by atoms with Crippen molar-refractivity contribution >= 4 is 27.6 Å². The van der Waals surface area contributed by atoms with Gasteiger partial charge in [-0.2, -0.15) is 8.42 Å². The van der Waals surface area contributed by atoms with E-state index < -0.39 is 10.0 Å². The molecule has 0 aliphatic heterocycles. The molecule has 0 unspecified atom stereocenters. The van der Waals surface area contributed by atoms with E-state index in [0.29, 0.717) is 5.02 Å². The number of nitrogens with one attached hydrogen (secondary N) is 1. The summed E-state index contributed by atoms with van der Waals surface area (Å²) in [4.78, 5) is 4.75. The van der Waals surface area contributed by atoms with Crippen LogP contribution in [0.2, 0.25) is 5.02 Å². The molecule has 0 aliphatic rings. The highest BCUT2D eigenvalue weighted by Gasteiger charge is 2.14. The lowest BCUT2D eigenvalue weighted by molar-refractivity contribution is 0.597. The van der Waals surface area contributed by atoms with Crippen LogP contribution in [0.3, 0.4) is 0 Å². The third-order valence-corrected chi connectivity index (χ3v) is 6.44. The van der Waals surface area contributed by atoms with Crippen molar-refractivity contribution in [3.05, 3.63) is 108 Å². The maximum atomic E-state index is 12.4. The van der Waals surface area contributed by atoms with Crippen LogP contribution in [0.1, 0.15) is 5.56 Å². The fourth-order valence-corrected chi connectivity index (χ4v) is 4.34. The van der Waals surface area contributed by atoms with Crippen LogP contribution < -0.4 is 11.1 Å². The first kappa shape index (κ1) is 22.5. The van der Waals surface area contributed by atoms with Gasteiger partial charge < -0.3 is 11.1 Å². The second-order valence-electron chi connectivity index (χ2n) is 7.23. The molecule has 6 nitrogen and oxygen atoms in total. The van der Waals surface area contributed by atoms with Crippen LogP contribution in [0.5, 0.6) is 0 Å². The Hall–Kier alpha value is -3.68. The number of hydrogen-bond acceptors (Lipinski definition) is 3. The van der Waals surface area contributed by atoms with Gasteiger partial charge in [0.05, 0.1) is 10.6 Å². The summed E-state index contributed by atoms with van der Waals surface area (Å²) in [6.45, 7) is 0.252. The first-order valence-corrected chi connectivity index (χ1v) is 11.9. The molecule has 3 aromatic carbocycles. The monoisotopic (exact) mass is 476 g/mol. The van der Waals surface area contributed by atoms with E-state index >= 15 is 0 Å². The second kappa shape index (κ2) is 9.85. The Bertz CT molecular complexity index is 1380. The van der Waals surface area contributed by atoms with E-state index in [1.54, 1.807) is 24.4 Å². The number of benzene rings is 3. The zero-order valence-electron chi connectivity index (χ0n) is 17.5. The van der Waals surface area contributed by atoms with Gasteiger partial charge in [0.25, 0.3) is 10.0 Å². The largest absolute Gasteiger partial charge is 0.369 e. The maximum absolute atomic E-state index is 12.4. The third kappa shape index (κ3) is 5.58. The Morgan fingerprint density at radius 1 is 0.909 bits per heavy atom. The lowest BCUT2D eigenvalue weighted by Gasteiger charge is -2.13. The van der Waals surface area contributed by atoms with Gasteiger partial charge in [-0.15, -0.1) is 4.40 Å². The number of guanidine groups is 1. The Balaban J connectivity index is 1.61. The van der Waals surface area contributed by atoms with Gasteiger partial charge in [-0.1, -0.05) is 72.3 Å². The van der Waals surface area contributed by atoms with Crippen LogP contribution in [0.4, 0.5) is 0 Å². The predicted octanol–water partition coefficient (Wildman–Crippen LogP) is 4.86. The summed E-state index contributed by atoms with van der Waals surface area (Å²) in [7, 11) is -3.89. The summed E-state index contributed by atoms with van der Waals surface area (Å²) in [6, 6.07) is 27.3. The van der Waals surface area contributed by atoms with E-state index in [1.165, 1.54) is 12.1 Å². The quantitative estimate of drug-likeness (QED) is 0.306. The summed E-state index contributed by atoms with van der Waals surface area (Å²) in [6.07, 6.45) is 1.73. The summed E-state index contributed by atoms with van der Waals surface area (Å²) in [5, 5.41) is 3.51. The first-order valence-electron chi connectivity index (χ1n) is 10.1. The highest BCUT2D eigenvalue weighted by molar-refractivity contribution is 7.90. The van der Waals surface area contributed by atoms with Crippen molar-refractivity contribution in [3.63, 3.8) is 0 Å². The molecular formula is C25H21ClN4O2S. The number of pyridine rings is 1. The number of nitrogens with two attached hydrogens (primary N) is 1. The molecule has 33 heavy (non-hydrogen) atoms. The molecule has 1 heterocycles. The molecule has 1 aromatic heterocycles. The number of sulfonamides is 1. The fraction of sp³-hybridized carbons (Fsp3) is 0.0400. The Labute approximate surface area is 197 Å². The summed E-state index contributed by atoms with van der Waals surface area (Å²) >= 11 is 6.07. The minimum atomic E-state index is -3.89. The van der Waals surface area contributed by atoms with Crippen LogP contribution in [0, 0.1) is 0 Å². The number of nitrogens with zero attached hydrogens (tertiary/aromatic N) is 2. The topological polar surface area (TPSA) is 97.4 Å². The van der Waals surface area contributed by atoms with Gasteiger partial charge in [0, 0.05) is 28.9 Å². The average Bonchev–Trinajstić information content (AvgIpc) is 2.84. The molecule has 0 spiro atoms. The van der Waals surface area contributed by atoms with Gasteiger partial charge in [0.15, 0.2) is 0 Å². The summed E-state index contributed by atoms with van der Waals surface area (Å²) < 4.78 is 28.5. The molecule has 4 rings (SSSR count). The van der Waals surface area contributed by atoms with Crippen molar-refractivity contribution < 1.29 is 8.42 Å². The van der Waals surface area contributed by atoms with Crippen molar-refractivity contribution in [2.45, 2.75) is 11.4 Å². The van der Waals surface area contributed by atoms with Crippen molar-refractivity contribution in [2.75, 3.05) is 0 Å². The van der Waals surface area contributed by atoms with Crippen LogP contribution in [-0.2, 0) is 16.6 Å². The fourth-order valence-electron chi connectivity index (χ4n) is 3.28. The number of aromatic nitrogens is 1. The number of rotatable bonds is 6. The molecule has 0 atom stereocenters. The van der Waals surface area contributed by atoms with Gasteiger partial charge in [-0.25, -0.2) is 0 Å². The molecule has 0 radical (unpaired) electrons. The van der Waals surface area contributed by atoms with E-state index in [-0.39, 0.29) is 17.4 Å². The van der Waals surface area contributed by atoms with Gasteiger partial charge in [0.2, 0.25) is 5.96 Å². The minimum Gasteiger partial charge on any atom is -0.369 e. The Morgan fingerprint density at radius 3 is 2.21 bits per heavy atom. The lowest BCUT2D eigenvalue weighted by atomic mass is 9.98. The molecular weight excluding hydrogens is 456 g/mol. The third-order valence-electron chi connectivity index (χ3n) is 4.88. The van der Waals surface area contributed by atoms with Crippen LogP contribution in [-0.4, -0.2) is 19.4 Å². The molecule has 0 saturated heterocycles. The van der Waals surface area contributed by atoms with Gasteiger partial charge in [-0.05, 0) is 41.5 Å². The van der Waals surface area contributed by atoms with Crippen LogP contribution in [0.15, 0.2) is 106 Å². The van der Waals surface area contributed by atoms with Crippen molar-refractivity contribution in [2.24, 2.45) is 10.1 Å². The SMILES string of the molecule is NC(=NS(=O)(=O)c1ccccc1)NCc1cnc(-c2ccccc2)c(-c2ccc(Cl)cc2)c1. The lowest BCUT2D eigenvalue weighted by Crippen LogP contribution is -2.32. The van der Waals surface area contributed by atoms with Crippen LogP contribution >= 0.6 is 11.6 Å². The predicted molar refractivity (Wildman–Crippen MR) is 132 cm³/mol. The maximum Gasteiger partial charge on any atom is 0.285 e. The van der Waals surface area contributed by atoms with E-state index in [9.17, 15) is 8.42 Å². The molecule has 0 fully saturated rings. The highest BCUT2D eigenvalue weighted by atomic mass is 35.5. The van der Waals surface area contributed by atoms with Crippen molar-refractivity contribution in [1.29, 1.82) is 0 Å². The average molecular weight is 477 g/mol. The smallest absolute Gasteiger partial charge is 0.285 e. The molecule has 8 heteroatoms. The van der Waals surface area contributed by atoms with Crippen molar-refractivity contribution in [3.8, 4) is 22.4 Å². The molecule has 0 amide bonds. The van der Waals surface area contributed by atoms with E-state index in [4.69, 9.17) is 17.3 Å². The Kier molecular flexibility index (Phi) is 6.72. The zero-order valence-corrected chi connectivity index (χ0v) is 19.1. The molecule has 0 saturated carbocycles. The standard InChI is InChI=1S/C25H21ClN4O2S/c26-21-13-11-19(12-14-21)23-15-18(16-28-24(23)20-7-3-1-4-8-20)17-29-25(27)30-33(31,32)22-9-5-2-6-10-22/h1-16H,17H2,(H3,27,29,30). The summed E-state index contributed by atoms with van der Waals surface area (Å²) in [5.74, 6) is -0.195. The molecule has 0 bridgehead atoms. The summed E-state index contributed by atoms with van der Waals surface area (Å²) in [5.41, 5.74) is 10.4. The molecule has 0 aliphatic carbocycles. The van der Waals surface area contributed by atoms with Crippen molar-refractivity contribution in [1.82, 2.24) is 10.3 Å². The molecule has 4 aromatic rings. The van der Waals surface area contributed by atoms with E-state index in [2.05, 4.69) is 14.7 Å². The van der Waals surface area contributed by atoms with Crippen LogP contribution in [0.25, 0.3) is 22.4 Å². The number of hydrogen-bond donors (Lipinski definition) is 2. The number of halogens is 1. The zero-order chi connectivity index (χ0) is 23.3. The highest BCUT2D eigenvalue weighted by Crippen LogP contribution is 2.31. The molecule has 166 valence electrons. The van der Waals surface area contributed by atoms with Gasteiger partial charge >= 0.3 is 0 Å². The van der Waals surface area contributed by atoms with Gasteiger partial charge in [-0.3, -0.25) is 4.98 Å². The minimum absolute atomic E-state index is 0.0775. The van der Waals surface area contributed by atoms with E-state index in [1.807, 2.05) is 60.7 Å². The van der Waals surface area contributed by atoms with Gasteiger partial charge in [0.1, 0.15) is 0 Å². The Morgan fingerprint density at radius 2 is 1.55 bits per heavy atom. The molecule has 3 N–H and O–H groups in total.